The Balaban J connectivity index is 1.51. The van der Waals surface area contributed by atoms with Gasteiger partial charge in [0.15, 0.2) is 11.6 Å². The van der Waals surface area contributed by atoms with Crippen molar-refractivity contribution in [2.75, 3.05) is 30.7 Å². The number of morpholine rings is 1. The van der Waals surface area contributed by atoms with Gasteiger partial charge >= 0.3 is 0 Å². The highest BCUT2D eigenvalue weighted by Crippen LogP contribution is 2.25. The zero-order chi connectivity index (χ0) is 18.8. The number of hydrogen-bond acceptors (Lipinski definition) is 6. The second kappa shape index (κ2) is 7.25. The average molecular weight is 361 g/mol. The van der Waals surface area contributed by atoms with E-state index in [1.54, 1.807) is 0 Å². The molecule has 0 bridgehead atoms. The fraction of sp³-hybridized carbons (Fsp3) is 0.238. The molecular weight excluding hydrogens is 338 g/mol. The van der Waals surface area contributed by atoms with Gasteiger partial charge in [-0.05, 0) is 36.8 Å². The van der Waals surface area contributed by atoms with Crippen LogP contribution < -0.4 is 11.1 Å². The van der Waals surface area contributed by atoms with Crippen LogP contribution in [-0.2, 0) is 4.74 Å². The quantitative estimate of drug-likeness (QED) is 0.739. The molecule has 1 aliphatic heterocycles. The Bertz CT molecular complexity index is 970. The number of anilines is 3. The summed E-state index contributed by atoms with van der Waals surface area (Å²) < 4.78 is 5.60. The maximum absolute atomic E-state index is 6.05. The van der Waals surface area contributed by atoms with Crippen LogP contribution in [0.4, 0.5) is 17.3 Å². The van der Waals surface area contributed by atoms with Gasteiger partial charge in [0.25, 0.3) is 0 Å². The first-order valence-corrected chi connectivity index (χ1v) is 9.05. The molecule has 3 aromatic rings. The third-order valence-corrected chi connectivity index (χ3v) is 4.70. The fourth-order valence-electron chi connectivity index (χ4n) is 3.23. The zero-order valence-electron chi connectivity index (χ0n) is 15.4. The summed E-state index contributed by atoms with van der Waals surface area (Å²) >= 11 is 0. The molecule has 1 atom stereocenters. The molecule has 1 aromatic heterocycles. The van der Waals surface area contributed by atoms with E-state index >= 15 is 0 Å². The molecular formula is C21H23N5O. The van der Waals surface area contributed by atoms with Gasteiger partial charge in [0.2, 0.25) is 0 Å². The van der Waals surface area contributed by atoms with Gasteiger partial charge in [0, 0.05) is 24.5 Å². The van der Waals surface area contributed by atoms with E-state index < -0.39 is 0 Å². The maximum atomic E-state index is 6.05. The van der Waals surface area contributed by atoms with E-state index in [1.807, 2.05) is 36.4 Å². The number of para-hydroxylation sites is 2. The van der Waals surface area contributed by atoms with Gasteiger partial charge < -0.3 is 20.7 Å². The molecule has 6 heteroatoms. The Labute approximate surface area is 158 Å². The zero-order valence-corrected chi connectivity index (χ0v) is 15.4. The molecule has 0 spiro atoms. The van der Waals surface area contributed by atoms with Crippen LogP contribution in [0.15, 0.2) is 55.1 Å². The van der Waals surface area contributed by atoms with E-state index in [9.17, 15) is 0 Å². The minimum atomic E-state index is 0.228. The molecule has 1 saturated heterocycles. The highest BCUT2D eigenvalue weighted by Gasteiger charge is 2.18. The van der Waals surface area contributed by atoms with Crippen LogP contribution in [0.2, 0.25) is 0 Å². The lowest BCUT2D eigenvalue weighted by molar-refractivity contribution is 0.00252. The van der Waals surface area contributed by atoms with E-state index in [0.29, 0.717) is 11.6 Å². The molecule has 0 radical (unpaired) electrons. The predicted octanol–water partition coefficient (Wildman–Crippen LogP) is 3.65. The lowest BCUT2D eigenvalue weighted by atomic mass is 10.1. The summed E-state index contributed by atoms with van der Waals surface area (Å²) in [6.07, 6.45) is 0.228. The Morgan fingerprint density at radius 1 is 1.15 bits per heavy atom. The summed E-state index contributed by atoms with van der Waals surface area (Å²) in [5.74, 6) is 0.937. The number of rotatable bonds is 4. The fourth-order valence-corrected chi connectivity index (χ4v) is 3.23. The number of nitrogen functional groups attached to an aromatic ring is 1. The van der Waals surface area contributed by atoms with Gasteiger partial charge in [-0.1, -0.05) is 30.8 Å². The number of ether oxygens (including phenoxy) is 1. The largest absolute Gasteiger partial charge is 0.381 e. The maximum Gasteiger partial charge on any atom is 0.174 e. The number of nitrogens with one attached hydrogen (secondary N) is 1. The molecule has 1 aliphatic rings. The van der Waals surface area contributed by atoms with Crippen LogP contribution in [0.3, 0.4) is 0 Å². The Morgan fingerprint density at radius 2 is 1.85 bits per heavy atom. The van der Waals surface area contributed by atoms with Crippen LogP contribution in [-0.4, -0.2) is 40.7 Å². The molecule has 3 N–H and O–H groups in total. The smallest absolute Gasteiger partial charge is 0.174 e. The first-order valence-electron chi connectivity index (χ1n) is 9.05. The molecule has 4 rings (SSSR count). The predicted molar refractivity (Wildman–Crippen MR) is 110 cm³/mol. The van der Waals surface area contributed by atoms with Crippen molar-refractivity contribution >= 4 is 34.1 Å². The molecule has 138 valence electrons. The van der Waals surface area contributed by atoms with Gasteiger partial charge in [0.05, 0.1) is 23.7 Å². The number of aromatic nitrogens is 2. The van der Waals surface area contributed by atoms with Gasteiger partial charge in [0.1, 0.15) is 0 Å². The second-order valence-electron chi connectivity index (χ2n) is 6.72. The van der Waals surface area contributed by atoms with Crippen molar-refractivity contribution in [2.24, 2.45) is 0 Å². The third kappa shape index (κ3) is 3.71. The van der Waals surface area contributed by atoms with E-state index in [2.05, 4.69) is 45.8 Å². The normalized spacial score (nSPS) is 17.1. The van der Waals surface area contributed by atoms with Crippen LogP contribution in [0.5, 0.6) is 0 Å². The summed E-state index contributed by atoms with van der Waals surface area (Å²) in [5.41, 5.74) is 10.7. The summed E-state index contributed by atoms with van der Waals surface area (Å²) in [5, 5.41) is 3.26. The van der Waals surface area contributed by atoms with Crippen LogP contribution in [0.25, 0.3) is 16.7 Å². The summed E-state index contributed by atoms with van der Waals surface area (Å²) in [7, 11) is 0. The van der Waals surface area contributed by atoms with Gasteiger partial charge in [-0.15, -0.1) is 0 Å². The number of nitrogens with zero attached hydrogens (tertiary/aromatic N) is 3. The van der Waals surface area contributed by atoms with Crippen molar-refractivity contribution in [1.82, 2.24) is 14.9 Å². The molecule has 27 heavy (non-hydrogen) atoms. The summed E-state index contributed by atoms with van der Waals surface area (Å²) in [6, 6.07) is 15.8. The second-order valence-corrected chi connectivity index (χ2v) is 6.72. The van der Waals surface area contributed by atoms with Crippen LogP contribution in [0, 0.1) is 0 Å². The Hall–Kier alpha value is -3.12. The highest BCUT2D eigenvalue weighted by molar-refractivity contribution is 5.81. The lowest BCUT2D eigenvalue weighted by Crippen LogP contribution is -2.39. The van der Waals surface area contributed by atoms with Crippen molar-refractivity contribution in [3.8, 4) is 0 Å². The summed E-state index contributed by atoms with van der Waals surface area (Å²) in [4.78, 5) is 11.2. The van der Waals surface area contributed by atoms with Gasteiger partial charge in [-0.25, -0.2) is 9.97 Å². The topological polar surface area (TPSA) is 76.3 Å². The molecule has 6 nitrogen and oxygen atoms in total. The molecule has 0 amide bonds. The molecule has 2 heterocycles. The Morgan fingerprint density at radius 3 is 2.56 bits per heavy atom. The van der Waals surface area contributed by atoms with Crippen molar-refractivity contribution in [3.63, 3.8) is 0 Å². The first-order chi connectivity index (χ1) is 13.1. The Kier molecular flexibility index (Phi) is 4.64. The highest BCUT2D eigenvalue weighted by atomic mass is 16.5. The van der Waals surface area contributed by atoms with Crippen LogP contribution in [0.1, 0.15) is 12.5 Å². The molecule has 0 saturated carbocycles. The molecule has 2 aromatic carbocycles. The third-order valence-electron chi connectivity index (χ3n) is 4.70. The minimum absolute atomic E-state index is 0.228. The van der Waals surface area contributed by atoms with Gasteiger partial charge in [-0.3, -0.25) is 0 Å². The standard InChI is InChI=1S/C21H23N5O/c1-14-13-26(11-12-27-14)15(2)16-7-9-17(10-8-16)23-21-20(22)24-18-5-3-4-6-19(18)25-21/h3-10,14H,2,11-13H2,1H3,(H2,22,24)(H,23,25). The lowest BCUT2D eigenvalue weighted by Gasteiger charge is -2.34. The van der Waals surface area contributed by atoms with Crippen molar-refractivity contribution in [3.05, 3.63) is 60.7 Å². The van der Waals surface area contributed by atoms with Crippen LogP contribution >= 0.6 is 0 Å². The monoisotopic (exact) mass is 361 g/mol. The van der Waals surface area contributed by atoms with E-state index in [4.69, 9.17) is 10.5 Å². The number of hydrogen-bond donors (Lipinski definition) is 2. The average Bonchev–Trinajstić information content (AvgIpc) is 2.68. The van der Waals surface area contributed by atoms with Crippen molar-refractivity contribution in [1.29, 1.82) is 0 Å². The molecule has 1 unspecified atom stereocenters. The van der Waals surface area contributed by atoms with E-state index in [-0.39, 0.29) is 6.10 Å². The van der Waals surface area contributed by atoms with Crippen molar-refractivity contribution in [2.45, 2.75) is 13.0 Å². The number of nitrogens with two attached hydrogens (primary N) is 1. The molecule has 0 aliphatic carbocycles. The van der Waals surface area contributed by atoms with Gasteiger partial charge in [-0.2, -0.15) is 0 Å². The number of benzene rings is 2. The summed E-state index contributed by atoms with van der Waals surface area (Å²) in [6.45, 7) is 8.80. The molecule has 1 fully saturated rings. The SMILES string of the molecule is C=C(c1ccc(Nc2nc3ccccc3nc2N)cc1)N1CCOC(C)C1. The van der Waals surface area contributed by atoms with Crippen molar-refractivity contribution < 1.29 is 4.74 Å². The first kappa shape index (κ1) is 17.3. The van der Waals surface area contributed by atoms with E-state index in [0.717, 1.165) is 47.7 Å². The minimum Gasteiger partial charge on any atom is -0.381 e. The van der Waals surface area contributed by atoms with E-state index in [1.165, 1.54) is 0 Å². The number of fused-ring (bicyclic) bond motifs is 1.